The highest BCUT2D eigenvalue weighted by molar-refractivity contribution is 14.0. The van der Waals surface area contributed by atoms with Gasteiger partial charge in [0.15, 0.2) is 5.96 Å². The molecule has 0 amide bonds. The fourth-order valence-corrected chi connectivity index (χ4v) is 4.43. The van der Waals surface area contributed by atoms with Crippen LogP contribution in [0.25, 0.3) is 0 Å². The van der Waals surface area contributed by atoms with Crippen LogP contribution in [0, 0.1) is 12.3 Å². The molecule has 0 spiro atoms. The smallest absolute Gasteiger partial charge is 0.191 e. The third-order valence-corrected chi connectivity index (χ3v) is 6.22. The van der Waals surface area contributed by atoms with Crippen LogP contribution in [0.2, 0.25) is 0 Å². The number of halogens is 1. The second kappa shape index (κ2) is 13.1. The molecule has 0 aliphatic heterocycles. The highest BCUT2D eigenvalue weighted by Gasteiger charge is 2.31. The minimum Gasteiger partial charge on any atom is -0.396 e. The summed E-state index contributed by atoms with van der Waals surface area (Å²) in [5.74, 6) is 1.88. The van der Waals surface area contributed by atoms with Crippen molar-refractivity contribution in [3.63, 3.8) is 0 Å². The van der Waals surface area contributed by atoms with Crippen molar-refractivity contribution >= 4 is 29.9 Å². The van der Waals surface area contributed by atoms with Gasteiger partial charge in [0.2, 0.25) is 0 Å². The van der Waals surface area contributed by atoms with Crippen LogP contribution in [0.3, 0.4) is 0 Å². The van der Waals surface area contributed by atoms with Crippen LogP contribution in [-0.2, 0) is 13.1 Å². The molecule has 6 nitrogen and oxygen atoms in total. The highest BCUT2D eigenvalue weighted by atomic mass is 127. The zero-order chi connectivity index (χ0) is 21.2. The number of rotatable bonds is 9. The summed E-state index contributed by atoms with van der Waals surface area (Å²) >= 11 is 0. The standard InChI is InChI=1S/C24H37N5O.HI/c1-3-25-23(28-19-24(12-15-30)10-5-4-6-11-24)27-17-21-8-7-9-22(16-21)18-29-14-13-26-20(29)2;/h7-9,13-14,16,30H,3-6,10-12,15,17-19H2,1-2H3,(H2,25,27,28);1H. The van der Waals surface area contributed by atoms with E-state index in [4.69, 9.17) is 4.99 Å². The molecule has 1 aromatic carbocycles. The molecule has 1 saturated carbocycles. The number of aromatic nitrogens is 2. The van der Waals surface area contributed by atoms with Gasteiger partial charge in [0.25, 0.3) is 0 Å². The fourth-order valence-electron chi connectivity index (χ4n) is 4.43. The molecule has 3 N–H and O–H groups in total. The van der Waals surface area contributed by atoms with Gasteiger partial charge in [-0.25, -0.2) is 9.98 Å². The summed E-state index contributed by atoms with van der Waals surface area (Å²) in [7, 11) is 0. The van der Waals surface area contributed by atoms with Gasteiger partial charge in [-0.1, -0.05) is 43.5 Å². The maximum absolute atomic E-state index is 9.56. The lowest BCUT2D eigenvalue weighted by Gasteiger charge is -2.37. The first-order valence-electron chi connectivity index (χ1n) is 11.3. The predicted octanol–water partition coefficient (Wildman–Crippen LogP) is 4.25. The van der Waals surface area contributed by atoms with E-state index in [0.717, 1.165) is 37.8 Å². The number of aliphatic hydroxyl groups excluding tert-OH is 1. The Kier molecular flexibility index (Phi) is 10.8. The molecule has 3 rings (SSSR count). The number of aliphatic hydroxyl groups is 1. The normalized spacial score (nSPS) is 15.9. The molecule has 0 radical (unpaired) electrons. The van der Waals surface area contributed by atoms with Crippen LogP contribution < -0.4 is 10.6 Å². The van der Waals surface area contributed by atoms with Crippen molar-refractivity contribution in [2.75, 3.05) is 19.7 Å². The Bertz CT molecular complexity index is 808. The van der Waals surface area contributed by atoms with Gasteiger partial charge >= 0.3 is 0 Å². The van der Waals surface area contributed by atoms with Crippen molar-refractivity contribution < 1.29 is 5.11 Å². The quantitative estimate of drug-likeness (QED) is 0.253. The molecular weight excluding hydrogens is 501 g/mol. The molecule has 1 aliphatic rings. The molecule has 1 aromatic heterocycles. The van der Waals surface area contributed by atoms with Crippen LogP contribution >= 0.6 is 24.0 Å². The number of nitrogens with zero attached hydrogens (tertiary/aromatic N) is 3. The van der Waals surface area contributed by atoms with E-state index in [9.17, 15) is 5.11 Å². The monoisotopic (exact) mass is 539 g/mol. The van der Waals surface area contributed by atoms with E-state index >= 15 is 0 Å². The van der Waals surface area contributed by atoms with Crippen molar-refractivity contribution in [1.29, 1.82) is 0 Å². The molecule has 2 aromatic rings. The molecule has 1 aliphatic carbocycles. The number of guanidine groups is 1. The molecule has 1 heterocycles. The Morgan fingerprint density at radius 1 is 1.19 bits per heavy atom. The SMILES string of the molecule is CCNC(=NCc1cccc(Cn2ccnc2C)c1)NCC1(CCO)CCCCC1.I. The van der Waals surface area contributed by atoms with Crippen molar-refractivity contribution in [3.8, 4) is 0 Å². The summed E-state index contributed by atoms with van der Waals surface area (Å²) < 4.78 is 2.15. The first kappa shape index (κ1) is 25.6. The largest absolute Gasteiger partial charge is 0.396 e. The van der Waals surface area contributed by atoms with Gasteiger partial charge in [0.05, 0.1) is 6.54 Å². The Morgan fingerprint density at radius 3 is 2.65 bits per heavy atom. The molecule has 172 valence electrons. The van der Waals surface area contributed by atoms with Gasteiger partial charge < -0.3 is 20.3 Å². The minimum absolute atomic E-state index is 0. The number of aliphatic imine (C=N–C) groups is 1. The van der Waals surface area contributed by atoms with E-state index in [1.807, 2.05) is 19.3 Å². The maximum atomic E-state index is 9.56. The third-order valence-electron chi connectivity index (χ3n) is 6.22. The number of imidazole rings is 1. The number of aryl methyl sites for hydroxylation is 1. The van der Waals surface area contributed by atoms with E-state index in [1.54, 1.807) is 0 Å². The molecular formula is C24H38IN5O. The Labute approximate surface area is 204 Å². The topological polar surface area (TPSA) is 74.5 Å². The molecule has 7 heteroatoms. The number of hydrogen-bond donors (Lipinski definition) is 3. The third kappa shape index (κ3) is 7.79. The van der Waals surface area contributed by atoms with E-state index < -0.39 is 0 Å². The van der Waals surface area contributed by atoms with Crippen molar-refractivity contribution in [2.24, 2.45) is 10.4 Å². The van der Waals surface area contributed by atoms with Crippen LogP contribution in [0.5, 0.6) is 0 Å². The predicted molar refractivity (Wildman–Crippen MR) is 138 cm³/mol. The second-order valence-electron chi connectivity index (χ2n) is 8.51. The second-order valence-corrected chi connectivity index (χ2v) is 8.51. The summed E-state index contributed by atoms with van der Waals surface area (Å²) in [6.45, 7) is 7.55. The van der Waals surface area contributed by atoms with Crippen LogP contribution in [0.15, 0.2) is 41.7 Å². The zero-order valence-corrected chi connectivity index (χ0v) is 21.3. The van der Waals surface area contributed by atoms with Gasteiger partial charge in [-0.15, -0.1) is 24.0 Å². The minimum atomic E-state index is 0. The fraction of sp³-hybridized carbons (Fsp3) is 0.583. The Balaban J connectivity index is 0.00000341. The lowest BCUT2D eigenvalue weighted by atomic mass is 9.72. The van der Waals surface area contributed by atoms with Gasteiger partial charge in [0.1, 0.15) is 5.82 Å². The molecule has 31 heavy (non-hydrogen) atoms. The van der Waals surface area contributed by atoms with Crippen molar-refractivity contribution in [2.45, 2.75) is 65.5 Å². The summed E-state index contributed by atoms with van der Waals surface area (Å²) in [6.07, 6.45) is 10.9. The van der Waals surface area contributed by atoms with Gasteiger partial charge in [0, 0.05) is 38.6 Å². The lowest BCUT2D eigenvalue weighted by Crippen LogP contribution is -2.44. The molecule has 0 bridgehead atoms. The van der Waals surface area contributed by atoms with Gasteiger partial charge in [-0.2, -0.15) is 0 Å². The Hall–Kier alpha value is -1.61. The molecule has 0 unspecified atom stereocenters. The summed E-state index contributed by atoms with van der Waals surface area (Å²) in [5, 5.41) is 16.5. The van der Waals surface area contributed by atoms with Gasteiger partial charge in [-0.3, -0.25) is 0 Å². The molecule has 1 fully saturated rings. The van der Waals surface area contributed by atoms with E-state index in [1.165, 1.54) is 43.2 Å². The molecule has 0 saturated heterocycles. The average molecular weight is 540 g/mol. The van der Waals surface area contributed by atoms with Crippen LogP contribution in [-0.4, -0.2) is 40.3 Å². The molecule has 0 atom stereocenters. The average Bonchev–Trinajstić information content (AvgIpc) is 3.16. The Morgan fingerprint density at radius 2 is 1.97 bits per heavy atom. The van der Waals surface area contributed by atoms with Crippen LogP contribution in [0.4, 0.5) is 0 Å². The van der Waals surface area contributed by atoms with E-state index in [2.05, 4.69) is 51.4 Å². The van der Waals surface area contributed by atoms with Crippen LogP contribution in [0.1, 0.15) is 62.4 Å². The number of hydrogen-bond acceptors (Lipinski definition) is 3. The van der Waals surface area contributed by atoms with E-state index in [0.29, 0.717) is 6.54 Å². The summed E-state index contributed by atoms with van der Waals surface area (Å²) in [6, 6.07) is 8.61. The summed E-state index contributed by atoms with van der Waals surface area (Å²) in [4.78, 5) is 9.13. The number of nitrogens with one attached hydrogen (secondary N) is 2. The lowest BCUT2D eigenvalue weighted by molar-refractivity contribution is 0.131. The van der Waals surface area contributed by atoms with Gasteiger partial charge in [-0.05, 0) is 49.7 Å². The first-order valence-corrected chi connectivity index (χ1v) is 11.3. The zero-order valence-electron chi connectivity index (χ0n) is 18.9. The van der Waals surface area contributed by atoms with E-state index in [-0.39, 0.29) is 36.0 Å². The van der Waals surface area contributed by atoms with Crippen molar-refractivity contribution in [3.05, 3.63) is 53.6 Å². The summed E-state index contributed by atoms with van der Waals surface area (Å²) in [5.41, 5.74) is 2.65. The maximum Gasteiger partial charge on any atom is 0.191 e. The van der Waals surface area contributed by atoms with Crippen molar-refractivity contribution in [1.82, 2.24) is 20.2 Å². The number of benzene rings is 1. The first-order chi connectivity index (χ1) is 14.6. The highest BCUT2D eigenvalue weighted by Crippen LogP contribution is 2.38.